The van der Waals surface area contributed by atoms with E-state index in [0.29, 0.717) is 17.9 Å². The Kier molecular flexibility index (Phi) is 11.0. The molecule has 2 fully saturated rings. The first-order valence-electron chi connectivity index (χ1n) is 17.6. The van der Waals surface area contributed by atoms with Crippen molar-refractivity contribution < 1.29 is 41.9 Å². The second kappa shape index (κ2) is 14.5. The fourth-order valence-corrected chi connectivity index (χ4v) is 7.40. The number of rotatable bonds is 10. The van der Waals surface area contributed by atoms with E-state index in [1.807, 2.05) is 13.0 Å². The number of carbonyl (C=O) groups is 4. The third-order valence-electron chi connectivity index (χ3n) is 10.1. The van der Waals surface area contributed by atoms with Gasteiger partial charge in [-0.25, -0.2) is 10.3 Å². The Labute approximate surface area is 307 Å². The number of alkyl halides is 3. The van der Waals surface area contributed by atoms with E-state index >= 15 is 0 Å². The van der Waals surface area contributed by atoms with Crippen LogP contribution >= 0.6 is 11.6 Å². The minimum absolute atomic E-state index is 0.00867. The van der Waals surface area contributed by atoms with Gasteiger partial charge in [0.05, 0.1) is 35.7 Å². The van der Waals surface area contributed by atoms with Crippen molar-refractivity contribution in [2.45, 2.75) is 117 Å². The van der Waals surface area contributed by atoms with Crippen LogP contribution in [0.15, 0.2) is 42.5 Å². The highest BCUT2D eigenvalue weighted by Gasteiger charge is 2.61. The number of ether oxygens (including phenoxy) is 1. The molecule has 0 aromatic heterocycles. The molecule has 14 heteroatoms. The number of hydrogen-bond acceptors (Lipinski definition) is 7. The summed E-state index contributed by atoms with van der Waals surface area (Å²) in [7, 11) is 0. The summed E-state index contributed by atoms with van der Waals surface area (Å²) in [6, 6.07) is 7.87. The van der Waals surface area contributed by atoms with Crippen LogP contribution in [-0.4, -0.2) is 63.8 Å². The Morgan fingerprint density at radius 3 is 2.31 bits per heavy atom. The van der Waals surface area contributed by atoms with Crippen molar-refractivity contribution in [3.8, 4) is 0 Å². The van der Waals surface area contributed by atoms with Gasteiger partial charge >= 0.3 is 12.3 Å². The molecule has 0 radical (unpaired) electrons. The highest BCUT2D eigenvalue weighted by molar-refractivity contribution is 6.31. The number of hydroxylamine groups is 1. The second-order valence-corrected chi connectivity index (χ2v) is 16.7. The van der Waals surface area contributed by atoms with Crippen LogP contribution in [0, 0.1) is 16.7 Å². The summed E-state index contributed by atoms with van der Waals surface area (Å²) in [6.07, 6.45) is -5.15. The summed E-state index contributed by atoms with van der Waals surface area (Å²) >= 11 is 6.36. The first-order chi connectivity index (χ1) is 24.1. The van der Waals surface area contributed by atoms with E-state index in [4.69, 9.17) is 21.2 Å². The summed E-state index contributed by atoms with van der Waals surface area (Å²) in [4.78, 5) is 64.2. The predicted octanol–water partition coefficient (Wildman–Crippen LogP) is 7.53. The number of hydrogen-bond donors (Lipinski definition) is 2. The number of halogens is 4. The molecule has 2 aliphatic heterocycles. The van der Waals surface area contributed by atoms with Crippen molar-refractivity contribution in [2.24, 2.45) is 16.7 Å². The van der Waals surface area contributed by atoms with E-state index in [1.165, 1.54) is 21.9 Å². The average Bonchev–Trinajstić information content (AvgIpc) is 3.35. The van der Waals surface area contributed by atoms with E-state index in [2.05, 4.69) is 10.8 Å². The first-order valence-corrected chi connectivity index (χ1v) is 18.0. The van der Waals surface area contributed by atoms with Crippen molar-refractivity contribution in [3.63, 3.8) is 0 Å². The molecule has 5 atom stereocenters. The molecular formula is C38H48ClF3N4O6. The van der Waals surface area contributed by atoms with Crippen LogP contribution in [-0.2, 0) is 43.2 Å². The minimum Gasteiger partial charge on any atom is -0.444 e. The Balaban J connectivity index is 1.40. The Hall–Kier alpha value is -3.84. The molecule has 2 aromatic rings. The average molecular weight is 749 g/mol. The fourth-order valence-electron chi connectivity index (χ4n) is 7.15. The van der Waals surface area contributed by atoms with E-state index in [-0.39, 0.29) is 49.9 Å². The van der Waals surface area contributed by atoms with Crippen LogP contribution in [0.2, 0.25) is 5.02 Å². The molecule has 52 heavy (non-hydrogen) atoms. The number of fused-ring (bicyclic) bond motifs is 1. The normalized spacial score (nSPS) is 23.6. The molecule has 2 N–H and O–H groups in total. The fraction of sp³-hybridized carbons (Fsp3) is 0.579. The molecule has 0 unspecified atom stereocenters. The lowest BCUT2D eigenvalue weighted by atomic mass is 9.85. The summed E-state index contributed by atoms with van der Waals surface area (Å²) in [5.74, 6) is -1.40. The van der Waals surface area contributed by atoms with Crippen molar-refractivity contribution >= 4 is 41.0 Å². The van der Waals surface area contributed by atoms with Crippen LogP contribution in [0.1, 0.15) is 90.8 Å². The molecule has 1 aliphatic carbocycles. The number of carbonyl (C=O) groups excluding carboxylic acids is 4. The van der Waals surface area contributed by atoms with Gasteiger partial charge < -0.3 is 15.0 Å². The second-order valence-electron chi connectivity index (χ2n) is 16.3. The van der Waals surface area contributed by atoms with Gasteiger partial charge in [0.15, 0.2) is 5.78 Å². The zero-order valence-electron chi connectivity index (χ0n) is 30.7. The molecule has 2 aromatic carbocycles. The maximum absolute atomic E-state index is 14.5. The van der Waals surface area contributed by atoms with Gasteiger partial charge in [-0.1, -0.05) is 63.9 Å². The highest BCUT2D eigenvalue weighted by atomic mass is 35.5. The lowest BCUT2D eigenvalue weighted by Gasteiger charge is -2.36. The van der Waals surface area contributed by atoms with Gasteiger partial charge in [-0.2, -0.15) is 13.2 Å². The largest absolute Gasteiger partial charge is 0.444 e. The summed E-state index contributed by atoms with van der Waals surface area (Å²) in [6.45, 7) is 13.0. The molecule has 10 nitrogen and oxygen atoms in total. The van der Waals surface area contributed by atoms with Gasteiger partial charge in [0.25, 0.3) is 5.91 Å². The molecular weight excluding hydrogens is 701 g/mol. The molecule has 5 rings (SSSR count). The van der Waals surface area contributed by atoms with Crippen LogP contribution in [0.4, 0.5) is 23.7 Å². The van der Waals surface area contributed by atoms with Gasteiger partial charge in [-0.05, 0) is 73.9 Å². The summed E-state index contributed by atoms with van der Waals surface area (Å²) < 4.78 is 46.6. The van der Waals surface area contributed by atoms with Crippen LogP contribution in [0.5, 0.6) is 0 Å². The standard InChI is InChI=1S/C38H48ClF3N4O6/c1-8-23-17-37(23,33(49)44-52-36(5,6)7)18-30(47)29-16-26(51-34(50)45-19-22-11-9-14-28(39)27(22)21-45)20-46(29)32(48)31(35(2,3)4)43-25-13-10-12-24(15-25)38(40,41)42/h9-15,23,26,29,31,43H,8,16-21H2,1-7H3,(H,44,49)/t23-,26-,29+,31-,37-/m1/s1. The number of nitrogens with zero attached hydrogens (tertiary/aromatic N) is 2. The molecule has 3 aliphatic rings. The third-order valence-corrected chi connectivity index (χ3v) is 10.5. The van der Waals surface area contributed by atoms with Gasteiger partial charge in [-0.3, -0.25) is 24.1 Å². The number of amides is 3. The number of likely N-dealkylation sites (tertiary alicyclic amines) is 1. The number of anilines is 1. The summed E-state index contributed by atoms with van der Waals surface area (Å²) in [5.41, 5.74) is 0.925. The Morgan fingerprint density at radius 2 is 1.71 bits per heavy atom. The SMILES string of the molecule is CC[C@@H]1C[C@]1(CC(=O)[C@@H]1C[C@@H](OC(=O)N2Cc3cccc(Cl)c3C2)CN1C(=O)[C@@H](Nc1cccc(C(F)(F)F)c1)C(C)(C)C)C(=O)NOC(C)(C)C. The van der Waals surface area contributed by atoms with Gasteiger partial charge in [0.1, 0.15) is 12.1 Å². The van der Waals surface area contributed by atoms with Crippen LogP contribution in [0.25, 0.3) is 0 Å². The molecule has 1 saturated heterocycles. The van der Waals surface area contributed by atoms with E-state index in [0.717, 1.165) is 23.3 Å². The monoisotopic (exact) mass is 748 g/mol. The van der Waals surface area contributed by atoms with Crippen molar-refractivity contribution in [3.05, 3.63) is 64.2 Å². The first kappa shape index (κ1) is 39.4. The predicted molar refractivity (Wildman–Crippen MR) is 189 cm³/mol. The van der Waals surface area contributed by atoms with Crippen LogP contribution in [0.3, 0.4) is 0 Å². The molecule has 1 saturated carbocycles. The maximum atomic E-state index is 14.5. The topological polar surface area (TPSA) is 117 Å². The molecule has 3 amide bonds. The lowest BCUT2D eigenvalue weighted by Crippen LogP contribution is -2.53. The molecule has 0 bridgehead atoms. The molecule has 2 heterocycles. The van der Waals surface area contributed by atoms with Crippen molar-refractivity contribution in [1.29, 1.82) is 0 Å². The quantitative estimate of drug-likeness (QED) is 0.241. The Bertz CT molecular complexity index is 1710. The third kappa shape index (κ3) is 8.68. The van der Waals surface area contributed by atoms with E-state index in [9.17, 15) is 32.3 Å². The van der Waals surface area contributed by atoms with Gasteiger partial charge in [-0.15, -0.1) is 0 Å². The lowest BCUT2D eigenvalue weighted by molar-refractivity contribution is -0.153. The molecule has 284 valence electrons. The smallest absolute Gasteiger partial charge is 0.416 e. The Morgan fingerprint density at radius 1 is 1.02 bits per heavy atom. The molecule has 0 spiro atoms. The maximum Gasteiger partial charge on any atom is 0.416 e. The van der Waals surface area contributed by atoms with Gasteiger partial charge in [0, 0.05) is 30.1 Å². The minimum atomic E-state index is -4.59. The number of nitrogens with one attached hydrogen (secondary N) is 2. The van der Waals surface area contributed by atoms with Crippen molar-refractivity contribution in [1.82, 2.24) is 15.3 Å². The van der Waals surface area contributed by atoms with Crippen LogP contribution < -0.4 is 10.8 Å². The summed E-state index contributed by atoms with van der Waals surface area (Å²) in [5, 5.41) is 3.53. The van der Waals surface area contributed by atoms with E-state index in [1.54, 1.807) is 53.7 Å². The van der Waals surface area contributed by atoms with Gasteiger partial charge in [0.2, 0.25) is 5.91 Å². The van der Waals surface area contributed by atoms with Crippen molar-refractivity contribution in [2.75, 3.05) is 11.9 Å². The number of benzene rings is 2. The number of ketones is 1. The number of Topliss-reactive ketones (excluding diaryl/α,β-unsaturated/α-hetero) is 1. The zero-order valence-corrected chi connectivity index (χ0v) is 31.4. The van der Waals surface area contributed by atoms with E-state index < -0.39 is 64.3 Å². The highest BCUT2D eigenvalue weighted by Crippen LogP contribution is 2.58. The zero-order chi connectivity index (χ0) is 38.4.